The Morgan fingerprint density at radius 1 is 1.40 bits per heavy atom. The SMILES string of the molecule is CN(C)C1CCCN(Cc2nccn2CC(F)(F)F)C1. The molecule has 0 spiro atoms. The molecule has 0 bridgehead atoms. The monoisotopic (exact) mass is 290 g/mol. The third kappa shape index (κ3) is 4.21. The fourth-order valence-corrected chi connectivity index (χ4v) is 2.63. The highest BCUT2D eigenvalue weighted by molar-refractivity contribution is 4.94. The Hall–Kier alpha value is -1.08. The van der Waals surface area contributed by atoms with E-state index in [1.165, 1.54) is 17.0 Å². The Balaban J connectivity index is 1.98. The molecule has 0 saturated carbocycles. The van der Waals surface area contributed by atoms with Crippen LogP contribution in [0.5, 0.6) is 0 Å². The minimum Gasteiger partial charge on any atom is -0.325 e. The second-order valence-electron chi connectivity index (χ2n) is 5.58. The third-order valence-electron chi connectivity index (χ3n) is 3.73. The molecule has 1 aromatic heterocycles. The van der Waals surface area contributed by atoms with Gasteiger partial charge < -0.3 is 9.47 Å². The Kier molecular flexibility index (Phi) is 4.70. The van der Waals surface area contributed by atoms with Crippen LogP contribution in [0.25, 0.3) is 0 Å². The quantitative estimate of drug-likeness (QED) is 0.847. The number of likely N-dealkylation sites (tertiary alicyclic amines) is 1. The lowest BCUT2D eigenvalue weighted by atomic mass is 10.1. The molecule has 1 aromatic rings. The summed E-state index contributed by atoms with van der Waals surface area (Å²) in [6.07, 6.45) is 0.845. The lowest BCUT2D eigenvalue weighted by molar-refractivity contribution is -0.141. The predicted octanol–water partition coefficient (Wildman–Crippen LogP) is 1.97. The number of alkyl halides is 3. The van der Waals surface area contributed by atoms with Crippen molar-refractivity contribution in [1.29, 1.82) is 0 Å². The molecular formula is C13H21F3N4. The van der Waals surface area contributed by atoms with Crippen molar-refractivity contribution in [3.8, 4) is 0 Å². The Morgan fingerprint density at radius 3 is 2.80 bits per heavy atom. The topological polar surface area (TPSA) is 24.3 Å². The third-order valence-corrected chi connectivity index (χ3v) is 3.73. The van der Waals surface area contributed by atoms with Crippen LogP contribution in [0.4, 0.5) is 13.2 Å². The van der Waals surface area contributed by atoms with Gasteiger partial charge in [0.25, 0.3) is 0 Å². The van der Waals surface area contributed by atoms with Crippen LogP contribution in [-0.4, -0.2) is 58.8 Å². The van der Waals surface area contributed by atoms with Crippen LogP contribution in [-0.2, 0) is 13.1 Å². The van der Waals surface area contributed by atoms with Crippen LogP contribution in [0.3, 0.4) is 0 Å². The largest absolute Gasteiger partial charge is 0.406 e. The maximum absolute atomic E-state index is 12.5. The normalized spacial score (nSPS) is 21.6. The highest BCUT2D eigenvalue weighted by Gasteiger charge is 2.29. The molecular weight excluding hydrogens is 269 g/mol. The Labute approximate surface area is 117 Å². The number of hydrogen-bond acceptors (Lipinski definition) is 3. The molecule has 1 fully saturated rings. The smallest absolute Gasteiger partial charge is 0.325 e. The van der Waals surface area contributed by atoms with Gasteiger partial charge in [-0.3, -0.25) is 4.90 Å². The molecule has 2 heterocycles. The van der Waals surface area contributed by atoms with E-state index < -0.39 is 12.7 Å². The first-order valence-electron chi connectivity index (χ1n) is 6.81. The average Bonchev–Trinajstić information content (AvgIpc) is 2.74. The van der Waals surface area contributed by atoms with Crippen LogP contribution in [0.2, 0.25) is 0 Å². The van der Waals surface area contributed by atoms with Crippen LogP contribution in [0.15, 0.2) is 12.4 Å². The van der Waals surface area contributed by atoms with Gasteiger partial charge in [0.05, 0.1) is 6.54 Å². The van der Waals surface area contributed by atoms with Gasteiger partial charge >= 0.3 is 6.18 Å². The van der Waals surface area contributed by atoms with Gasteiger partial charge in [-0.1, -0.05) is 0 Å². The van der Waals surface area contributed by atoms with Crippen molar-refractivity contribution in [3.63, 3.8) is 0 Å². The number of likely N-dealkylation sites (N-methyl/N-ethyl adjacent to an activating group) is 1. The van der Waals surface area contributed by atoms with E-state index in [9.17, 15) is 13.2 Å². The second-order valence-corrected chi connectivity index (χ2v) is 5.58. The maximum Gasteiger partial charge on any atom is 0.406 e. The second kappa shape index (κ2) is 6.13. The van der Waals surface area contributed by atoms with E-state index in [0.717, 1.165) is 25.9 Å². The molecule has 0 radical (unpaired) electrons. The predicted molar refractivity (Wildman–Crippen MR) is 70.3 cm³/mol. The summed E-state index contributed by atoms with van der Waals surface area (Å²) >= 11 is 0. The molecule has 1 atom stereocenters. The summed E-state index contributed by atoms with van der Waals surface area (Å²) < 4.78 is 38.6. The van der Waals surface area contributed by atoms with Gasteiger partial charge in [0.15, 0.2) is 0 Å². The molecule has 20 heavy (non-hydrogen) atoms. The standard InChI is InChI=1S/C13H21F3N4/c1-18(2)11-4-3-6-19(8-11)9-12-17-5-7-20(12)10-13(14,15)16/h5,7,11H,3-4,6,8-10H2,1-2H3. The number of piperidine rings is 1. The first-order valence-corrected chi connectivity index (χ1v) is 6.81. The number of nitrogens with zero attached hydrogens (tertiary/aromatic N) is 4. The zero-order chi connectivity index (χ0) is 14.8. The minimum atomic E-state index is -4.20. The number of hydrogen-bond donors (Lipinski definition) is 0. The molecule has 1 aliphatic rings. The van der Waals surface area contributed by atoms with Crippen molar-refractivity contribution in [2.24, 2.45) is 0 Å². The van der Waals surface area contributed by atoms with Crippen molar-refractivity contribution >= 4 is 0 Å². The highest BCUT2D eigenvalue weighted by Crippen LogP contribution is 2.20. The number of rotatable bonds is 4. The highest BCUT2D eigenvalue weighted by atomic mass is 19.4. The van der Waals surface area contributed by atoms with Crippen molar-refractivity contribution < 1.29 is 13.2 Å². The van der Waals surface area contributed by atoms with Crippen LogP contribution >= 0.6 is 0 Å². The van der Waals surface area contributed by atoms with E-state index >= 15 is 0 Å². The summed E-state index contributed by atoms with van der Waals surface area (Å²) in [4.78, 5) is 8.43. The van der Waals surface area contributed by atoms with Gasteiger partial charge in [-0.25, -0.2) is 4.98 Å². The molecule has 114 valence electrons. The van der Waals surface area contributed by atoms with E-state index in [-0.39, 0.29) is 0 Å². The number of aromatic nitrogens is 2. The lowest BCUT2D eigenvalue weighted by Crippen LogP contribution is -2.45. The van der Waals surface area contributed by atoms with Gasteiger partial charge in [0.1, 0.15) is 12.4 Å². The van der Waals surface area contributed by atoms with Crippen LogP contribution < -0.4 is 0 Å². The molecule has 1 aliphatic heterocycles. The first kappa shape index (κ1) is 15.3. The molecule has 1 saturated heterocycles. The first-order chi connectivity index (χ1) is 9.35. The van der Waals surface area contributed by atoms with Gasteiger partial charge in [0.2, 0.25) is 0 Å². The van der Waals surface area contributed by atoms with E-state index in [4.69, 9.17) is 0 Å². The summed E-state index contributed by atoms with van der Waals surface area (Å²) in [5.41, 5.74) is 0. The fraction of sp³-hybridized carbons (Fsp3) is 0.769. The summed E-state index contributed by atoms with van der Waals surface area (Å²) in [5.74, 6) is 0.488. The van der Waals surface area contributed by atoms with E-state index in [1.54, 1.807) is 0 Å². The average molecular weight is 290 g/mol. The van der Waals surface area contributed by atoms with Gasteiger partial charge in [-0.05, 0) is 33.5 Å². The summed E-state index contributed by atoms with van der Waals surface area (Å²) in [6, 6.07) is 0.467. The lowest BCUT2D eigenvalue weighted by Gasteiger charge is -2.35. The minimum absolute atomic E-state index is 0.467. The molecule has 0 aliphatic carbocycles. The molecule has 7 heteroatoms. The number of halogens is 3. The fourth-order valence-electron chi connectivity index (χ4n) is 2.63. The van der Waals surface area contributed by atoms with Crippen LogP contribution in [0, 0.1) is 0 Å². The molecule has 2 rings (SSSR count). The Morgan fingerprint density at radius 2 is 2.15 bits per heavy atom. The van der Waals surface area contributed by atoms with Gasteiger partial charge in [0, 0.05) is 25.0 Å². The van der Waals surface area contributed by atoms with Gasteiger partial charge in [-0.15, -0.1) is 0 Å². The molecule has 0 aromatic carbocycles. The summed E-state index contributed by atoms with van der Waals surface area (Å²) in [7, 11) is 4.08. The Bertz CT molecular complexity index is 427. The van der Waals surface area contributed by atoms with Crippen molar-refractivity contribution in [1.82, 2.24) is 19.4 Å². The molecule has 0 N–H and O–H groups in total. The van der Waals surface area contributed by atoms with E-state index in [1.807, 2.05) is 14.1 Å². The van der Waals surface area contributed by atoms with Crippen molar-refractivity contribution in [3.05, 3.63) is 18.2 Å². The summed E-state index contributed by atoms with van der Waals surface area (Å²) in [5, 5.41) is 0. The zero-order valence-corrected chi connectivity index (χ0v) is 11.9. The summed E-state index contributed by atoms with van der Waals surface area (Å²) in [6.45, 7) is 1.32. The van der Waals surface area contributed by atoms with Crippen LogP contribution in [0.1, 0.15) is 18.7 Å². The van der Waals surface area contributed by atoms with Gasteiger partial charge in [-0.2, -0.15) is 13.2 Å². The van der Waals surface area contributed by atoms with Crippen molar-refractivity contribution in [2.45, 2.75) is 38.1 Å². The van der Waals surface area contributed by atoms with E-state index in [2.05, 4.69) is 14.8 Å². The maximum atomic E-state index is 12.5. The van der Waals surface area contributed by atoms with E-state index in [0.29, 0.717) is 18.4 Å². The zero-order valence-electron chi connectivity index (χ0n) is 11.9. The molecule has 1 unspecified atom stereocenters. The van der Waals surface area contributed by atoms with Crippen molar-refractivity contribution in [2.75, 3.05) is 27.2 Å². The molecule has 4 nitrogen and oxygen atoms in total. The molecule has 0 amide bonds. The number of imidazole rings is 1.